The summed E-state index contributed by atoms with van der Waals surface area (Å²) in [6.45, 7) is 4.02. The van der Waals surface area contributed by atoms with Crippen molar-refractivity contribution in [3.63, 3.8) is 0 Å². The molecular formula is C23H29N3O3S. The summed E-state index contributed by atoms with van der Waals surface area (Å²) in [5.41, 5.74) is 4.33. The van der Waals surface area contributed by atoms with Crippen molar-refractivity contribution in [3.8, 4) is 0 Å². The van der Waals surface area contributed by atoms with Crippen molar-refractivity contribution in [2.75, 3.05) is 28.6 Å². The normalized spacial score (nSPS) is 18.7. The number of benzene rings is 2. The fourth-order valence-electron chi connectivity index (χ4n) is 4.33. The van der Waals surface area contributed by atoms with Crippen molar-refractivity contribution < 1.29 is 13.2 Å². The molecule has 1 N–H and O–H groups in total. The number of carbonyl (C=O) groups is 1. The Bertz CT molecular complexity index is 1090. The van der Waals surface area contributed by atoms with Crippen LogP contribution in [0.5, 0.6) is 0 Å². The number of sulfonamides is 1. The Morgan fingerprint density at radius 1 is 1.13 bits per heavy atom. The zero-order valence-corrected chi connectivity index (χ0v) is 18.8. The van der Waals surface area contributed by atoms with Crippen LogP contribution in [0.4, 0.5) is 17.1 Å². The Kier molecular flexibility index (Phi) is 5.26. The van der Waals surface area contributed by atoms with E-state index >= 15 is 0 Å². The van der Waals surface area contributed by atoms with E-state index in [0.717, 1.165) is 41.8 Å². The van der Waals surface area contributed by atoms with Gasteiger partial charge < -0.3 is 9.80 Å². The number of hydrogen-bond acceptors (Lipinski definition) is 4. The number of carbonyl (C=O) groups excluding carboxylic acids is 1. The van der Waals surface area contributed by atoms with Gasteiger partial charge in [-0.15, -0.1) is 0 Å². The number of fused-ring (bicyclic) bond motifs is 1. The molecule has 2 aliphatic rings. The van der Waals surface area contributed by atoms with Gasteiger partial charge in [0, 0.05) is 37.4 Å². The van der Waals surface area contributed by atoms with E-state index in [-0.39, 0.29) is 22.8 Å². The molecule has 0 radical (unpaired) electrons. The third kappa shape index (κ3) is 3.67. The van der Waals surface area contributed by atoms with Crippen LogP contribution >= 0.6 is 0 Å². The molecule has 7 heteroatoms. The zero-order valence-electron chi connectivity index (χ0n) is 18.0. The van der Waals surface area contributed by atoms with Crippen molar-refractivity contribution in [2.45, 2.75) is 50.5 Å². The average molecular weight is 428 g/mol. The summed E-state index contributed by atoms with van der Waals surface area (Å²) in [6.07, 6.45) is 3.70. The summed E-state index contributed by atoms with van der Waals surface area (Å²) in [5, 5.41) is 0. The van der Waals surface area contributed by atoms with Crippen molar-refractivity contribution in [1.82, 2.24) is 0 Å². The fraction of sp³-hybridized carbons (Fsp3) is 0.435. The van der Waals surface area contributed by atoms with E-state index in [1.54, 1.807) is 24.3 Å². The molecule has 160 valence electrons. The fourth-order valence-corrected chi connectivity index (χ4v) is 5.43. The molecule has 1 amide bonds. The highest BCUT2D eigenvalue weighted by atomic mass is 32.2. The highest BCUT2D eigenvalue weighted by Gasteiger charge is 2.37. The number of amides is 1. The van der Waals surface area contributed by atoms with E-state index in [9.17, 15) is 13.2 Å². The molecule has 0 spiro atoms. The highest BCUT2D eigenvalue weighted by Crippen LogP contribution is 2.38. The molecule has 2 aromatic carbocycles. The predicted octanol–water partition coefficient (Wildman–Crippen LogP) is 3.94. The summed E-state index contributed by atoms with van der Waals surface area (Å²) in [6, 6.07) is 10.7. The number of nitrogens with zero attached hydrogens (tertiary/aromatic N) is 2. The third-order valence-corrected chi connectivity index (χ3v) is 7.59. The Hall–Kier alpha value is -2.54. The molecule has 1 aliphatic heterocycles. The van der Waals surface area contributed by atoms with E-state index in [1.807, 2.05) is 49.9 Å². The standard InChI is InChI=1S/C23H29N3O3S/c1-15-8-9-19(14-22(15)25(3)4)24-30(28,29)20-10-11-21-18(13-20)12-16(2)26(21)23(27)17-6-5-7-17/h8-11,13-14,16-17,24H,5-7,12H2,1-4H3. The van der Waals surface area contributed by atoms with Gasteiger partial charge in [0.1, 0.15) is 0 Å². The minimum Gasteiger partial charge on any atom is -0.377 e. The van der Waals surface area contributed by atoms with Gasteiger partial charge in [0.05, 0.1) is 10.6 Å². The number of hydrogen-bond donors (Lipinski definition) is 1. The molecule has 1 atom stereocenters. The van der Waals surface area contributed by atoms with Gasteiger partial charge in [0.2, 0.25) is 5.91 Å². The first-order valence-electron chi connectivity index (χ1n) is 10.4. The van der Waals surface area contributed by atoms with Gasteiger partial charge in [-0.05, 0) is 74.6 Å². The van der Waals surface area contributed by atoms with Crippen LogP contribution in [0.15, 0.2) is 41.3 Å². The molecule has 1 fully saturated rings. The molecule has 2 aromatic rings. The number of aryl methyl sites for hydroxylation is 1. The summed E-state index contributed by atoms with van der Waals surface area (Å²) in [7, 11) is 0.132. The van der Waals surface area contributed by atoms with Crippen LogP contribution in [0.1, 0.15) is 37.3 Å². The second kappa shape index (κ2) is 7.61. The number of nitrogens with one attached hydrogen (secondary N) is 1. The molecule has 1 aliphatic carbocycles. The minimum atomic E-state index is -3.73. The van der Waals surface area contributed by atoms with Gasteiger partial charge in [0.25, 0.3) is 10.0 Å². The van der Waals surface area contributed by atoms with E-state index < -0.39 is 10.0 Å². The van der Waals surface area contributed by atoms with Gasteiger partial charge >= 0.3 is 0 Å². The summed E-state index contributed by atoms with van der Waals surface area (Å²) < 4.78 is 28.7. The Morgan fingerprint density at radius 2 is 1.87 bits per heavy atom. The molecule has 0 saturated heterocycles. The van der Waals surface area contributed by atoms with E-state index in [4.69, 9.17) is 0 Å². The first-order valence-corrected chi connectivity index (χ1v) is 11.9. The maximum Gasteiger partial charge on any atom is 0.261 e. The lowest BCUT2D eigenvalue weighted by molar-refractivity contribution is -0.125. The van der Waals surface area contributed by atoms with Crippen molar-refractivity contribution in [2.24, 2.45) is 5.92 Å². The zero-order chi connectivity index (χ0) is 21.6. The Labute approximate surface area is 178 Å². The lowest BCUT2D eigenvalue weighted by Gasteiger charge is -2.32. The second-order valence-corrected chi connectivity index (χ2v) is 10.4. The average Bonchev–Trinajstić information content (AvgIpc) is 2.96. The van der Waals surface area contributed by atoms with Gasteiger partial charge in [-0.1, -0.05) is 12.5 Å². The molecule has 1 heterocycles. The smallest absolute Gasteiger partial charge is 0.261 e. The maximum atomic E-state index is 13.0. The third-order valence-electron chi connectivity index (χ3n) is 6.21. The van der Waals surface area contributed by atoms with Crippen molar-refractivity contribution >= 4 is 33.0 Å². The molecule has 0 bridgehead atoms. The van der Waals surface area contributed by atoms with Crippen LogP contribution in [0.2, 0.25) is 0 Å². The van der Waals surface area contributed by atoms with Crippen LogP contribution in [0.25, 0.3) is 0 Å². The van der Waals surface area contributed by atoms with Gasteiger partial charge in [-0.25, -0.2) is 8.42 Å². The minimum absolute atomic E-state index is 0.0544. The van der Waals surface area contributed by atoms with Gasteiger partial charge in [0.15, 0.2) is 0 Å². The Balaban J connectivity index is 1.60. The molecule has 4 rings (SSSR count). The van der Waals surface area contributed by atoms with Crippen molar-refractivity contribution in [1.29, 1.82) is 0 Å². The first kappa shape index (κ1) is 20.7. The predicted molar refractivity (Wildman–Crippen MR) is 121 cm³/mol. The van der Waals surface area contributed by atoms with Crippen LogP contribution in [-0.2, 0) is 21.2 Å². The number of anilines is 3. The summed E-state index contributed by atoms with van der Waals surface area (Å²) in [4.78, 5) is 16.9. The van der Waals surface area contributed by atoms with Crippen LogP contribution in [-0.4, -0.2) is 34.5 Å². The molecule has 1 unspecified atom stereocenters. The van der Waals surface area contributed by atoms with E-state index in [1.165, 1.54) is 0 Å². The van der Waals surface area contributed by atoms with Gasteiger partial charge in [-0.2, -0.15) is 0 Å². The monoisotopic (exact) mass is 427 g/mol. The molecular weight excluding hydrogens is 398 g/mol. The summed E-state index contributed by atoms with van der Waals surface area (Å²) in [5.74, 6) is 0.299. The molecule has 1 saturated carbocycles. The van der Waals surface area contributed by atoms with Crippen LogP contribution in [0.3, 0.4) is 0 Å². The molecule has 30 heavy (non-hydrogen) atoms. The van der Waals surface area contributed by atoms with E-state index in [0.29, 0.717) is 12.1 Å². The van der Waals surface area contributed by atoms with Crippen LogP contribution in [0, 0.1) is 12.8 Å². The highest BCUT2D eigenvalue weighted by molar-refractivity contribution is 7.92. The lowest BCUT2D eigenvalue weighted by atomic mass is 9.84. The summed E-state index contributed by atoms with van der Waals surface area (Å²) >= 11 is 0. The number of rotatable bonds is 5. The maximum absolute atomic E-state index is 13.0. The van der Waals surface area contributed by atoms with Crippen LogP contribution < -0.4 is 14.5 Å². The lowest BCUT2D eigenvalue weighted by Crippen LogP contribution is -2.42. The quantitative estimate of drug-likeness (QED) is 0.785. The SMILES string of the molecule is Cc1ccc(NS(=O)(=O)c2ccc3c(c2)CC(C)N3C(=O)C2CCC2)cc1N(C)C. The van der Waals surface area contributed by atoms with Gasteiger partial charge in [-0.3, -0.25) is 9.52 Å². The van der Waals surface area contributed by atoms with E-state index in [2.05, 4.69) is 4.72 Å². The van der Waals surface area contributed by atoms with Crippen molar-refractivity contribution in [3.05, 3.63) is 47.5 Å². The Morgan fingerprint density at radius 3 is 2.50 bits per heavy atom. The molecule has 6 nitrogen and oxygen atoms in total. The first-order chi connectivity index (χ1) is 14.2. The largest absolute Gasteiger partial charge is 0.377 e. The second-order valence-electron chi connectivity index (χ2n) is 8.68. The topological polar surface area (TPSA) is 69.7 Å². The molecule has 0 aromatic heterocycles.